The fraction of sp³-hybridized carbons (Fsp3) is 0.613. The van der Waals surface area contributed by atoms with E-state index in [9.17, 15) is 0 Å². The summed E-state index contributed by atoms with van der Waals surface area (Å²) in [7, 11) is 0. The predicted molar refractivity (Wildman–Crippen MR) is 165 cm³/mol. The van der Waals surface area contributed by atoms with E-state index in [0.717, 1.165) is 81.4 Å². The minimum atomic E-state index is 0.362. The predicted octanol–water partition coefficient (Wildman–Crippen LogP) is 6.81. The molecule has 0 aliphatic carbocycles. The maximum Gasteiger partial charge on any atom is 0.320 e. The largest absolute Gasteiger partial charge is 0.462 e. The van der Waals surface area contributed by atoms with Gasteiger partial charge in [-0.25, -0.2) is 9.97 Å². The van der Waals surface area contributed by atoms with E-state index in [1.807, 2.05) is 47.6 Å². The molecule has 1 fully saturated rings. The molecule has 0 radical (unpaired) electrons. The monoisotopic (exact) mass is 540 g/mol. The number of benzene rings is 1. The van der Waals surface area contributed by atoms with E-state index in [4.69, 9.17) is 19.4 Å². The average molecular weight is 541 g/mol. The zero-order chi connectivity index (χ0) is 29.0. The summed E-state index contributed by atoms with van der Waals surface area (Å²) in [5.41, 5.74) is 4.34. The molecule has 1 aromatic carbocycles. The summed E-state index contributed by atoms with van der Waals surface area (Å²) >= 11 is 0. The van der Waals surface area contributed by atoms with Gasteiger partial charge in [0.05, 0.1) is 25.1 Å². The van der Waals surface area contributed by atoms with E-state index in [1.165, 1.54) is 5.56 Å². The van der Waals surface area contributed by atoms with Crippen LogP contribution in [0.1, 0.15) is 73.8 Å². The fourth-order valence-electron chi connectivity index (χ4n) is 4.06. The molecule has 0 bridgehead atoms. The smallest absolute Gasteiger partial charge is 0.320 e. The Morgan fingerprint density at radius 2 is 1.59 bits per heavy atom. The molecule has 218 valence electrons. The molecule has 0 N–H and O–H groups in total. The third-order valence-electron chi connectivity index (χ3n) is 5.71. The lowest BCUT2D eigenvalue weighted by atomic mass is 10.1. The summed E-state index contributed by atoms with van der Waals surface area (Å²) in [6, 6.07) is 8.66. The van der Waals surface area contributed by atoms with Gasteiger partial charge in [0.1, 0.15) is 6.61 Å². The molecule has 39 heavy (non-hydrogen) atoms. The van der Waals surface area contributed by atoms with Gasteiger partial charge >= 0.3 is 6.01 Å². The molecular weight excluding hydrogens is 488 g/mol. The van der Waals surface area contributed by atoms with Crippen molar-refractivity contribution in [2.45, 2.75) is 75.2 Å². The van der Waals surface area contributed by atoms with Gasteiger partial charge in [0.25, 0.3) is 0 Å². The van der Waals surface area contributed by atoms with Crippen molar-refractivity contribution in [2.24, 2.45) is 0 Å². The Hall–Kier alpha value is -2.84. The van der Waals surface area contributed by atoms with E-state index < -0.39 is 0 Å². The van der Waals surface area contributed by atoms with Gasteiger partial charge in [0, 0.05) is 38.3 Å². The number of hydrogen-bond acceptors (Lipinski definition) is 8. The SMILES string of the molecule is CC.CC.CC.CCCN(CCC)c1nc(OCCN2CCOCC2)nc2ncc(-c3cccc(C)c3)nc12. The van der Waals surface area contributed by atoms with Gasteiger partial charge < -0.3 is 14.4 Å². The second-order valence-corrected chi connectivity index (χ2v) is 8.42. The topological polar surface area (TPSA) is 76.5 Å². The van der Waals surface area contributed by atoms with Crippen molar-refractivity contribution in [3.63, 3.8) is 0 Å². The van der Waals surface area contributed by atoms with Crippen LogP contribution in [-0.4, -0.2) is 77.4 Å². The maximum absolute atomic E-state index is 6.00. The lowest BCUT2D eigenvalue weighted by Gasteiger charge is -2.26. The van der Waals surface area contributed by atoms with Crippen molar-refractivity contribution in [2.75, 3.05) is 57.4 Å². The van der Waals surface area contributed by atoms with E-state index in [0.29, 0.717) is 18.3 Å². The minimum absolute atomic E-state index is 0.362. The normalized spacial score (nSPS) is 12.7. The molecule has 1 aliphatic rings. The second kappa shape index (κ2) is 20.1. The number of rotatable bonds is 10. The first-order valence-electron chi connectivity index (χ1n) is 15.0. The highest BCUT2D eigenvalue weighted by Gasteiger charge is 2.18. The molecule has 8 heteroatoms. The first-order valence-corrected chi connectivity index (χ1v) is 15.0. The number of anilines is 1. The number of fused-ring (bicyclic) bond motifs is 1. The summed E-state index contributed by atoms with van der Waals surface area (Å²) in [4.78, 5) is 23.6. The molecular formula is C31H52N6O2. The molecule has 8 nitrogen and oxygen atoms in total. The van der Waals surface area contributed by atoms with Gasteiger partial charge in [0.2, 0.25) is 0 Å². The second-order valence-electron chi connectivity index (χ2n) is 8.42. The zero-order valence-corrected chi connectivity index (χ0v) is 26.0. The van der Waals surface area contributed by atoms with Crippen LogP contribution >= 0.6 is 0 Å². The third-order valence-corrected chi connectivity index (χ3v) is 5.71. The van der Waals surface area contributed by atoms with E-state index in [2.05, 4.69) is 58.7 Å². The quantitative estimate of drug-likeness (QED) is 0.277. The third kappa shape index (κ3) is 10.7. The number of hydrogen-bond donors (Lipinski definition) is 0. The molecule has 1 saturated heterocycles. The highest BCUT2D eigenvalue weighted by atomic mass is 16.5. The van der Waals surface area contributed by atoms with Crippen molar-refractivity contribution in [3.8, 4) is 17.3 Å². The van der Waals surface area contributed by atoms with Crippen LogP contribution < -0.4 is 9.64 Å². The Morgan fingerprint density at radius 3 is 2.21 bits per heavy atom. The van der Waals surface area contributed by atoms with Gasteiger partial charge in [-0.15, -0.1) is 0 Å². The first kappa shape index (κ1) is 34.2. The van der Waals surface area contributed by atoms with Crippen molar-refractivity contribution < 1.29 is 9.47 Å². The number of aryl methyl sites for hydroxylation is 1. The zero-order valence-electron chi connectivity index (χ0n) is 26.0. The van der Waals surface area contributed by atoms with E-state index in [-0.39, 0.29) is 0 Å². The van der Waals surface area contributed by atoms with E-state index in [1.54, 1.807) is 6.20 Å². The van der Waals surface area contributed by atoms with Crippen molar-refractivity contribution in [3.05, 3.63) is 36.0 Å². The molecule has 1 aliphatic heterocycles. The number of morpholine rings is 1. The van der Waals surface area contributed by atoms with Crippen molar-refractivity contribution in [1.82, 2.24) is 24.8 Å². The van der Waals surface area contributed by atoms with Crippen LogP contribution in [0, 0.1) is 6.92 Å². The molecule has 0 saturated carbocycles. The standard InChI is InChI=1S/C25H34N6O2.3C2H6/c1-4-9-31(10-5-2)24-22-23(26-18-21(27-22)20-8-6-7-19(3)17-20)28-25(29-24)33-16-13-30-11-14-32-15-12-30;3*1-2/h6-8,17-18H,4-5,9-16H2,1-3H3;3*1-2H3. The van der Waals surface area contributed by atoms with Gasteiger partial charge in [-0.1, -0.05) is 79.2 Å². The van der Waals surface area contributed by atoms with Crippen LogP contribution in [0.2, 0.25) is 0 Å². The highest BCUT2D eigenvalue weighted by Crippen LogP contribution is 2.27. The number of aromatic nitrogens is 4. The van der Waals surface area contributed by atoms with Crippen LogP contribution in [0.4, 0.5) is 5.82 Å². The lowest BCUT2D eigenvalue weighted by molar-refractivity contribution is 0.0317. The van der Waals surface area contributed by atoms with Crippen LogP contribution in [-0.2, 0) is 4.74 Å². The summed E-state index contributed by atoms with van der Waals surface area (Å²) in [5.74, 6) is 0.798. The summed E-state index contributed by atoms with van der Waals surface area (Å²) in [5, 5.41) is 0. The van der Waals surface area contributed by atoms with Gasteiger partial charge in [-0.2, -0.15) is 9.97 Å². The molecule has 0 spiro atoms. The molecule has 2 aromatic heterocycles. The van der Waals surface area contributed by atoms with Crippen LogP contribution in [0.5, 0.6) is 6.01 Å². The Bertz CT molecular complexity index is 1050. The Kier molecular flexibility index (Phi) is 17.6. The minimum Gasteiger partial charge on any atom is -0.462 e. The first-order chi connectivity index (χ1) is 19.2. The van der Waals surface area contributed by atoms with Crippen molar-refractivity contribution >= 4 is 17.0 Å². The number of ether oxygens (including phenoxy) is 2. The Morgan fingerprint density at radius 1 is 0.923 bits per heavy atom. The van der Waals surface area contributed by atoms with Gasteiger partial charge in [-0.3, -0.25) is 4.90 Å². The lowest BCUT2D eigenvalue weighted by Crippen LogP contribution is -2.38. The van der Waals surface area contributed by atoms with Crippen LogP contribution in [0.3, 0.4) is 0 Å². The average Bonchev–Trinajstić information content (AvgIpc) is 3.00. The molecule has 3 heterocycles. The van der Waals surface area contributed by atoms with Gasteiger partial charge in [0.15, 0.2) is 17.0 Å². The molecule has 0 unspecified atom stereocenters. The Balaban J connectivity index is 0.00000119. The fourth-order valence-corrected chi connectivity index (χ4v) is 4.06. The van der Waals surface area contributed by atoms with Gasteiger partial charge in [-0.05, 0) is 25.8 Å². The van der Waals surface area contributed by atoms with Crippen LogP contribution in [0.15, 0.2) is 30.5 Å². The summed E-state index contributed by atoms with van der Waals surface area (Å²) < 4.78 is 11.4. The molecule has 3 aromatic rings. The van der Waals surface area contributed by atoms with Crippen molar-refractivity contribution in [1.29, 1.82) is 0 Å². The summed E-state index contributed by atoms with van der Waals surface area (Å²) in [6.07, 6.45) is 3.82. The van der Waals surface area contributed by atoms with Crippen LogP contribution in [0.25, 0.3) is 22.4 Å². The summed E-state index contributed by atoms with van der Waals surface area (Å²) in [6.45, 7) is 25.0. The van der Waals surface area contributed by atoms with E-state index >= 15 is 0 Å². The molecule has 4 rings (SSSR count). The molecule has 0 amide bonds. The number of nitrogens with zero attached hydrogens (tertiary/aromatic N) is 6. The molecule has 0 atom stereocenters. The maximum atomic E-state index is 6.00. The highest BCUT2D eigenvalue weighted by molar-refractivity contribution is 5.85. The Labute approximate surface area is 237 Å².